The first-order valence-corrected chi connectivity index (χ1v) is 7.79. The average molecular weight is 335 g/mol. The minimum Gasteiger partial charge on any atom is -0.488 e. The Morgan fingerprint density at radius 2 is 2.00 bits per heavy atom. The Balaban J connectivity index is 2.03. The van der Waals surface area contributed by atoms with Crippen LogP contribution in [0.3, 0.4) is 0 Å². The molecule has 25 heavy (non-hydrogen) atoms. The molecule has 0 spiro atoms. The summed E-state index contributed by atoms with van der Waals surface area (Å²) in [7, 11) is 0. The third-order valence-corrected chi connectivity index (χ3v) is 4.01. The second kappa shape index (κ2) is 6.65. The number of benzene rings is 1. The van der Waals surface area contributed by atoms with Crippen LogP contribution in [0.2, 0.25) is 0 Å². The standard InChI is InChI=1S/C19H17N3O3/c1-11-8-15(16(9-20)19(23)21-11)14-6-4-5-7-18(14)24-10-17-12(2)22-25-13(17)3/h4-8H,10H2,1-3H3,(H,21,23). The number of aromatic nitrogens is 2. The van der Waals surface area contributed by atoms with E-state index in [1.807, 2.05) is 44.2 Å². The Hall–Kier alpha value is -3.33. The Kier molecular flexibility index (Phi) is 4.40. The quantitative estimate of drug-likeness (QED) is 0.789. The third kappa shape index (κ3) is 3.17. The number of nitrogens with one attached hydrogen (secondary N) is 1. The van der Waals surface area contributed by atoms with Gasteiger partial charge in [0.25, 0.3) is 5.56 Å². The number of aryl methyl sites for hydroxylation is 3. The predicted molar refractivity (Wildman–Crippen MR) is 92.3 cm³/mol. The first kappa shape index (κ1) is 16.5. The molecule has 0 aliphatic rings. The lowest BCUT2D eigenvalue weighted by atomic mass is 10.00. The van der Waals surface area contributed by atoms with E-state index in [1.165, 1.54) is 0 Å². The average Bonchev–Trinajstić information content (AvgIpc) is 2.91. The Morgan fingerprint density at radius 3 is 2.68 bits per heavy atom. The van der Waals surface area contributed by atoms with Gasteiger partial charge in [0, 0.05) is 16.8 Å². The van der Waals surface area contributed by atoms with E-state index in [-0.39, 0.29) is 5.56 Å². The molecule has 0 aliphatic carbocycles. The van der Waals surface area contributed by atoms with E-state index in [0.29, 0.717) is 34.9 Å². The molecule has 6 heteroatoms. The van der Waals surface area contributed by atoms with E-state index in [9.17, 15) is 10.1 Å². The fourth-order valence-corrected chi connectivity index (χ4v) is 2.68. The Labute approximate surface area is 144 Å². The zero-order chi connectivity index (χ0) is 18.0. The summed E-state index contributed by atoms with van der Waals surface area (Å²) in [6, 6.07) is 11.1. The number of nitrogens with zero attached hydrogens (tertiary/aromatic N) is 2. The molecule has 0 unspecified atom stereocenters. The number of para-hydroxylation sites is 1. The van der Waals surface area contributed by atoms with Gasteiger partial charge in [0.15, 0.2) is 0 Å². The third-order valence-electron chi connectivity index (χ3n) is 4.01. The van der Waals surface area contributed by atoms with Gasteiger partial charge in [-0.3, -0.25) is 4.79 Å². The maximum Gasteiger partial charge on any atom is 0.266 e. The monoisotopic (exact) mass is 335 g/mol. The number of hydrogen-bond donors (Lipinski definition) is 1. The number of H-pyrrole nitrogens is 1. The van der Waals surface area contributed by atoms with Crippen molar-refractivity contribution < 1.29 is 9.26 Å². The highest BCUT2D eigenvalue weighted by atomic mass is 16.5. The summed E-state index contributed by atoms with van der Waals surface area (Å²) >= 11 is 0. The normalized spacial score (nSPS) is 10.5. The molecule has 0 aliphatic heterocycles. The second-order valence-electron chi connectivity index (χ2n) is 5.77. The number of hydrogen-bond acceptors (Lipinski definition) is 5. The Morgan fingerprint density at radius 1 is 1.24 bits per heavy atom. The van der Waals surface area contributed by atoms with Crippen molar-refractivity contribution in [3.63, 3.8) is 0 Å². The lowest BCUT2D eigenvalue weighted by Crippen LogP contribution is -2.13. The Bertz CT molecular complexity index is 1010. The maximum atomic E-state index is 12.1. The number of ether oxygens (including phenoxy) is 1. The SMILES string of the molecule is Cc1cc(-c2ccccc2OCc2c(C)noc2C)c(C#N)c(=O)[nH]1. The van der Waals surface area contributed by atoms with Gasteiger partial charge < -0.3 is 14.2 Å². The van der Waals surface area contributed by atoms with Crippen LogP contribution in [0.15, 0.2) is 39.6 Å². The second-order valence-corrected chi connectivity index (χ2v) is 5.77. The van der Waals surface area contributed by atoms with Crippen molar-refractivity contribution in [3.8, 4) is 22.9 Å². The number of pyridine rings is 1. The molecule has 1 aromatic carbocycles. The molecule has 0 saturated carbocycles. The summed E-state index contributed by atoms with van der Waals surface area (Å²) in [5, 5.41) is 13.3. The number of aromatic amines is 1. The molecule has 3 rings (SSSR count). The zero-order valence-corrected chi connectivity index (χ0v) is 14.2. The largest absolute Gasteiger partial charge is 0.488 e. The summed E-state index contributed by atoms with van der Waals surface area (Å²) in [4.78, 5) is 14.7. The molecule has 2 heterocycles. The van der Waals surface area contributed by atoms with Crippen LogP contribution in [0.25, 0.3) is 11.1 Å². The van der Waals surface area contributed by atoms with E-state index in [1.54, 1.807) is 13.0 Å². The summed E-state index contributed by atoms with van der Waals surface area (Å²) in [5.41, 5.74) is 3.26. The number of rotatable bonds is 4. The molecule has 0 bridgehead atoms. The molecule has 0 fully saturated rings. The van der Waals surface area contributed by atoms with Crippen LogP contribution < -0.4 is 10.3 Å². The van der Waals surface area contributed by atoms with Crippen molar-refractivity contribution in [3.05, 3.63) is 69.0 Å². The molecule has 1 N–H and O–H groups in total. The van der Waals surface area contributed by atoms with Crippen LogP contribution in [0.1, 0.15) is 28.3 Å². The minimum absolute atomic E-state index is 0.0685. The van der Waals surface area contributed by atoms with Crippen LogP contribution in [-0.2, 0) is 6.61 Å². The molecular formula is C19H17N3O3. The van der Waals surface area contributed by atoms with Crippen molar-refractivity contribution in [1.82, 2.24) is 10.1 Å². The molecule has 0 amide bonds. The van der Waals surface area contributed by atoms with E-state index in [2.05, 4.69) is 10.1 Å². The van der Waals surface area contributed by atoms with Gasteiger partial charge in [0.05, 0.1) is 11.3 Å². The van der Waals surface area contributed by atoms with Crippen LogP contribution in [0, 0.1) is 32.1 Å². The molecule has 6 nitrogen and oxygen atoms in total. The van der Waals surface area contributed by atoms with Gasteiger partial charge >= 0.3 is 0 Å². The lowest BCUT2D eigenvalue weighted by molar-refractivity contribution is 0.303. The van der Waals surface area contributed by atoms with Gasteiger partial charge in [-0.15, -0.1) is 0 Å². The van der Waals surface area contributed by atoms with Gasteiger partial charge in [-0.25, -0.2) is 0 Å². The summed E-state index contributed by atoms with van der Waals surface area (Å²) < 4.78 is 11.1. The van der Waals surface area contributed by atoms with Crippen molar-refractivity contribution in [2.75, 3.05) is 0 Å². The topological polar surface area (TPSA) is 91.9 Å². The van der Waals surface area contributed by atoms with Gasteiger partial charge in [0.1, 0.15) is 29.7 Å². The smallest absolute Gasteiger partial charge is 0.266 e. The fraction of sp³-hybridized carbons (Fsp3) is 0.211. The minimum atomic E-state index is -0.405. The highest BCUT2D eigenvalue weighted by Gasteiger charge is 2.16. The molecule has 126 valence electrons. The highest BCUT2D eigenvalue weighted by Crippen LogP contribution is 2.32. The van der Waals surface area contributed by atoms with Crippen molar-refractivity contribution in [2.24, 2.45) is 0 Å². The molecule has 0 saturated heterocycles. The van der Waals surface area contributed by atoms with E-state index < -0.39 is 5.56 Å². The maximum absolute atomic E-state index is 12.1. The van der Waals surface area contributed by atoms with Crippen LogP contribution in [0.4, 0.5) is 0 Å². The fourth-order valence-electron chi connectivity index (χ4n) is 2.68. The van der Waals surface area contributed by atoms with Crippen LogP contribution in [0.5, 0.6) is 5.75 Å². The highest BCUT2D eigenvalue weighted by molar-refractivity contribution is 5.75. The van der Waals surface area contributed by atoms with Crippen LogP contribution in [-0.4, -0.2) is 10.1 Å². The lowest BCUT2D eigenvalue weighted by Gasteiger charge is -2.13. The first-order chi connectivity index (χ1) is 12.0. The molecule has 0 radical (unpaired) electrons. The molecule has 2 aromatic heterocycles. The van der Waals surface area contributed by atoms with Gasteiger partial charge in [-0.2, -0.15) is 5.26 Å². The van der Waals surface area contributed by atoms with Gasteiger partial charge in [-0.05, 0) is 32.9 Å². The van der Waals surface area contributed by atoms with E-state index in [0.717, 1.165) is 11.3 Å². The van der Waals surface area contributed by atoms with Crippen molar-refractivity contribution in [1.29, 1.82) is 5.26 Å². The van der Waals surface area contributed by atoms with Crippen molar-refractivity contribution >= 4 is 0 Å². The first-order valence-electron chi connectivity index (χ1n) is 7.79. The number of nitriles is 1. The summed E-state index contributed by atoms with van der Waals surface area (Å²) in [6.07, 6.45) is 0. The van der Waals surface area contributed by atoms with Gasteiger partial charge in [-0.1, -0.05) is 23.4 Å². The molecule has 0 atom stereocenters. The van der Waals surface area contributed by atoms with E-state index >= 15 is 0 Å². The molecule has 3 aromatic rings. The van der Waals surface area contributed by atoms with Gasteiger partial charge in [0.2, 0.25) is 0 Å². The zero-order valence-electron chi connectivity index (χ0n) is 14.2. The van der Waals surface area contributed by atoms with Crippen LogP contribution >= 0.6 is 0 Å². The van der Waals surface area contributed by atoms with E-state index in [4.69, 9.17) is 9.26 Å². The summed E-state index contributed by atoms with van der Waals surface area (Å²) in [6.45, 7) is 5.76. The summed E-state index contributed by atoms with van der Waals surface area (Å²) in [5.74, 6) is 1.30. The van der Waals surface area contributed by atoms with Crippen molar-refractivity contribution in [2.45, 2.75) is 27.4 Å². The molecular weight excluding hydrogens is 318 g/mol. The predicted octanol–water partition coefficient (Wildman–Crippen LogP) is 3.41.